The van der Waals surface area contributed by atoms with Crippen molar-refractivity contribution in [1.29, 1.82) is 0 Å². The molecule has 0 radical (unpaired) electrons. The van der Waals surface area contributed by atoms with E-state index in [0.29, 0.717) is 0 Å². The average molecular weight is 218 g/mol. The van der Waals surface area contributed by atoms with E-state index < -0.39 is 6.10 Å². The lowest BCUT2D eigenvalue weighted by Crippen LogP contribution is -2.30. The SMILES string of the molecule is CC1=CCN(c2ncccc2[C@H](C)O)CC1. The molecule has 1 atom stereocenters. The first-order valence-corrected chi connectivity index (χ1v) is 5.72. The summed E-state index contributed by atoms with van der Waals surface area (Å²) >= 11 is 0. The van der Waals surface area contributed by atoms with E-state index in [4.69, 9.17) is 0 Å². The van der Waals surface area contributed by atoms with Gasteiger partial charge in [0.15, 0.2) is 0 Å². The molecule has 0 aromatic carbocycles. The van der Waals surface area contributed by atoms with Crippen LogP contribution in [0.3, 0.4) is 0 Å². The van der Waals surface area contributed by atoms with Gasteiger partial charge in [0.2, 0.25) is 0 Å². The Morgan fingerprint density at radius 3 is 2.94 bits per heavy atom. The minimum absolute atomic E-state index is 0.462. The standard InChI is InChI=1S/C13H18N2O/c1-10-5-8-15(9-6-10)13-12(11(2)16)4-3-7-14-13/h3-5,7,11,16H,6,8-9H2,1-2H3/t11-/m0/s1. The predicted octanol–water partition coefficient (Wildman–Crippen LogP) is 2.29. The second-order valence-corrected chi connectivity index (χ2v) is 4.34. The monoisotopic (exact) mass is 218 g/mol. The zero-order chi connectivity index (χ0) is 11.5. The highest BCUT2D eigenvalue weighted by Gasteiger charge is 2.16. The summed E-state index contributed by atoms with van der Waals surface area (Å²) in [6.45, 7) is 5.82. The number of aliphatic hydroxyl groups is 1. The van der Waals surface area contributed by atoms with Gasteiger partial charge >= 0.3 is 0 Å². The molecule has 0 bridgehead atoms. The van der Waals surface area contributed by atoms with Crippen molar-refractivity contribution >= 4 is 5.82 Å². The number of aromatic nitrogens is 1. The summed E-state index contributed by atoms with van der Waals surface area (Å²) < 4.78 is 0. The molecule has 0 aliphatic carbocycles. The summed E-state index contributed by atoms with van der Waals surface area (Å²) in [5.74, 6) is 0.918. The van der Waals surface area contributed by atoms with E-state index in [1.54, 1.807) is 13.1 Å². The van der Waals surface area contributed by atoms with E-state index in [1.807, 2.05) is 12.1 Å². The summed E-state index contributed by atoms with van der Waals surface area (Å²) in [4.78, 5) is 6.60. The zero-order valence-electron chi connectivity index (χ0n) is 9.85. The number of aliphatic hydroxyl groups excluding tert-OH is 1. The molecule has 16 heavy (non-hydrogen) atoms. The zero-order valence-corrected chi connectivity index (χ0v) is 9.85. The van der Waals surface area contributed by atoms with Gasteiger partial charge in [0, 0.05) is 24.8 Å². The Kier molecular flexibility index (Phi) is 3.25. The molecule has 3 heteroatoms. The summed E-state index contributed by atoms with van der Waals surface area (Å²) in [7, 11) is 0. The van der Waals surface area contributed by atoms with Gasteiger partial charge in [-0.25, -0.2) is 4.98 Å². The van der Waals surface area contributed by atoms with Crippen LogP contribution >= 0.6 is 0 Å². The van der Waals surface area contributed by atoms with E-state index in [-0.39, 0.29) is 0 Å². The molecule has 0 saturated heterocycles. The van der Waals surface area contributed by atoms with Crippen LogP contribution in [0.1, 0.15) is 31.9 Å². The Morgan fingerprint density at radius 2 is 2.31 bits per heavy atom. The van der Waals surface area contributed by atoms with Crippen LogP contribution in [0.4, 0.5) is 5.82 Å². The molecule has 86 valence electrons. The van der Waals surface area contributed by atoms with Crippen LogP contribution in [-0.4, -0.2) is 23.2 Å². The molecule has 3 nitrogen and oxygen atoms in total. The highest BCUT2D eigenvalue weighted by molar-refractivity contribution is 5.49. The molecule has 1 aromatic rings. The first-order valence-electron chi connectivity index (χ1n) is 5.72. The minimum atomic E-state index is -0.462. The van der Waals surface area contributed by atoms with Gasteiger partial charge in [-0.1, -0.05) is 17.7 Å². The topological polar surface area (TPSA) is 36.4 Å². The Labute approximate surface area is 96.4 Å². The predicted molar refractivity (Wildman–Crippen MR) is 65.5 cm³/mol. The third-order valence-electron chi connectivity index (χ3n) is 3.00. The van der Waals surface area contributed by atoms with Crippen LogP contribution in [0.25, 0.3) is 0 Å². The van der Waals surface area contributed by atoms with Crippen LogP contribution in [0.2, 0.25) is 0 Å². The van der Waals surface area contributed by atoms with Crippen LogP contribution in [0.5, 0.6) is 0 Å². The normalized spacial score (nSPS) is 18.2. The van der Waals surface area contributed by atoms with E-state index in [2.05, 4.69) is 22.9 Å². The number of rotatable bonds is 2. The van der Waals surface area contributed by atoms with Crippen molar-refractivity contribution in [2.75, 3.05) is 18.0 Å². The second kappa shape index (κ2) is 4.66. The fourth-order valence-corrected chi connectivity index (χ4v) is 1.96. The van der Waals surface area contributed by atoms with Gasteiger partial charge in [-0.3, -0.25) is 0 Å². The van der Waals surface area contributed by atoms with Gasteiger partial charge in [-0.2, -0.15) is 0 Å². The first-order chi connectivity index (χ1) is 7.68. The van der Waals surface area contributed by atoms with Crippen LogP contribution in [0.15, 0.2) is 30.0 Å². The van der Waals surface area contributed by atoms with Crippen molar-refractivity contribution in [3.63, 3.8) is 0 Å². The largest absolute Gasteiger partial charge is 0.389 e. The number of hydrogen-bond donors (Lipinski definition) is 1. The Bertz CT molecular complexity index is 399. The number of anilines is 1. The maximum absolute atomic E-state index is 9.71. The fraction of sp³-hybridized carbons (Fsp3) is 0.462. The molecule has 0 fully saturated rings. The molecule has 0 spiro atoms. The first kappa shape index (κ1) is 11.1. The second-order valence-electron chi connectivity index (χ2n) is 4.34. The van der Waals surface area contributed by atoms with Gasteiger partial charge in [0.25, 0.3) is 0 Å². The molecule has 1 aromatic heterocycles. The van der Waals surface area contributed by atoms with Gasteiger partial charge < -0.3 is 10.0 Å². The third kappa shape index (κ3) is 2.25. The number of pyridine rings is 1. The molecule has 0 amide bonds. The van der Waals surface area contributed by atoms with Gasteiger partial charge in [-0.15, -0.1) is 0 Å². The van der Waals surface area contributed by atoms with Gasteiger partial charge in [-0.05, 0) is 26.3 Å². The van der Waals surface area contributed by atoms with Crippen molar-refractivity contribution in [1.82, 2.24) is 4.98 Å². The number of nitrogens with zero attached hydrogens (tertiary/aromatic N) is 2. The van der Waals surface area contributed by atoms with E-state index >= 15 is 0 Å². The Hall–Kier alpha value is -1.35. The van der Waals surface area contributed by atoms with E-state index in [9.17, 15) is 5.11 Å². The molecule has 2 heterocycles. The molecular formula is C13H18N2O. The number of hydrogen-bond acceptors (Lipinski definition) is 3. The Morgan fingerprint density at radius 1 is 1.50 bits per heavy atom. The Balaban J connectivity index is 2.27. The lowest BCUT2D eigenvalue weighted by atomic mass is 10.1. The lowest BCUT2D eigenvalue weighted by molar-refractivity contribution is 0.199. The highest BCUT2D eigenvalue weighted by Crippen LogP contribution is 2.25. The van der Waals surface area contributed by atoms with Gasteiger partial charge in [0.1, 0.15) is 5.82 Å². The quantitative estimate of drug-likeness (QED) is 0.774. The molecule has 1 aliphatic heterocycles. The lowest BCUT2D eigenvalue weighted by Gasteiger charge is -2.28. The fourth-order valence-electron chi connectivity index (χ4n) is 1.96. The maximum atomic E-state index is 9.71. The molecule has 1 N–H and O–H groups in total. The minimum Gasteiger partial charge on any atom is -0.389 e. The van der Waals surface area contributed by atoms with Crippen molar-refractivity contribution in [3.05, 3.63) is 35.5 Å². The van der Waals surface area contributed by atoms with Crippen LogP contribution in [-0.2, 0) is 0 Å². The third-order valence-corrected chi connectivity index (χ3v) is 3.00. The van der Waals surface area contributed by atoms with Gasteiger partial charge in [0.05, 0.1) is 6.10 Å². The molecular weight excluding hydrogens is 200 g/mol. The van der Waals surface area contributed by atoms with E-state index in [0.717, 1.165) is 30.9 Å². The summed E-state index contributed by atoms with van der Waals surface area (Å²) in [6, 6.07) is 3.81. The van der Waals surface area contributed by atoms with Crippen molar-refractivity contribution in [2.45, 2.75) is 26.4 Å². The molecule has 0 saturated carbocycles. The van der Waals surface area contributed by atoms with Crippen LogP contribution < -0.4 is 4.90 Å². The smallest absolute Gasteiger partial charge is 0.134 e. The summed E-state index contributed by atoms with van der Waals surface area (Å²) in [6.07, 6.45) is 4.63. The average Bonchev–Trinajstić information content (AvgIpc) is 2.30. The van der Waals surface area contributed by atoms with Crippen LogP contribution in [0, 0.1) is 0 Å². The maximum Gasteiger partial charge on any atom is 0.134 e. The van der Waals surface area contributed by atoms with Crippen molar-refractivity contribution in [2.24, 2.45) is 0 Å². The molecule has 0 unspecified atom stereocenters. The molecule has 2 rings (SSSR count). The van der Waals surface area contributed by atoms with E-state index in [1.165, 1.54) is 5.57 Å². The van der Waals surface area contributed by atoms with Crippen molar-refractivity contribution < 1.29 is 5.11 Å². The summed E-state index contributed by atoms with van der Waals surface area (Å²) in [5, 5.41) is 9.71. The van der Waals surface area contributed by atoms with Crippen molar-refractivity contribution in [3.8, 4) is 0 Å². The highest BCUT2D eigenvalue weighted by atomic mass is 16.3. The molecule has 1 aliphatic rings. The summed E-state index contributed by atoms with van der Waals surface area (Å²) in [5.41, 5.74) is 2.35.